The molecule has 0 bridgehead atoms. The lowest BCUT2D eigenvalue weighted by Gasteiger charge is -2.27. The molecule has 1 heterocycles. The largest absolute Gasteiger partial charge is 0.412 e. The zero-order valence-electron chi connectivity index (χ0n) is 6.82. The highest BCUT2D eigenvalue weighted by Gasteiger charge is 2.24. The highest BCUT2D eigenvalue weighted by atomic mass is 28.3. The summed E-state index contributed by atoms with van der Waals surface area (Å²) in [6.07, 6.45) is 4.40. The van der Waals surface area contributed by atoms with E-state index in [1.807, 2.05) is 0 Å². The summed E-state index contributed by atoms with van der Waals surface area (Å²) in [6.45, 7) is 6.38. The summed E-state index contributed by atoms with van der Waals surface area (Å²) in [4.78, 5) is 0. The van der Waals surface area contributed by atoms with Gasteiger partial charge in [-0.1, -0.05) is 37.9 Å². The fourth-order valence-electron chi connectivity index (χ4n) is 1.56. The van der Waals surface area contributed by atoms with E-state index in [2.05, 4.69) is 18.8 Å². The van der Waals surface area contributed by atoms with Crippen LogP contribution in [0.4, 0.5) is 0 Å². The molecule has 1 nitrogen and oxygen atoms in total. The van der Waals surface area contributed by atoms with Gasteiger partial charge in [0.1, 0.15) is 0 Å². The third-order valence-corrected chi connectivity index (χ3v) is 6.47. The molecule has 1 aliphatic rings. The lowest BCUT2D eigenvalue weighted by Crippen LogP contribution is -2.29. The zero-order valence-corrected chi connectivity index (χ0v) is 7.82. The fourth-order valence-corrected chi connectivity index (χ4v) is 4.34. The second kappa shape index (κ2) is 3.94. The van der Waals surface area contributed by atoms with Crippen LogP contribution in [0.2, 0.25) is 18.6 Å². The minimum absolute atomic E-state index is 0. The van der Waals surface area contributed by atoms with E-state index in [0.717, 1.165) is 0 Å². The molecule has 2 N–H and O–H groups in total. The van der Waals surface area contributed by atoms with Crippen molar-refractivity contribution in [2.24, 2.45) is 0 Å². The van der Waals surface area contributed by atoms with Crippen molar-refractivity contribution in [3.63, 3.8) is 0 Å². The van der Waals surface area contributed by atoms with Gasteiger partial charge >= 0.3 is 0 Å². The van der Waals surface area contributed by atoms with Crippen LogP contribution in [0.15, 0.2) is 12.3 Å². The fraction of sp³-hybridized carbons (Fsp3) is 0.750. The molecule has 10 heavy (non-hydrogen) atoms. The topological polar surface area (TPSA) is 31.5 Å². The Labute approximate surface area is 64.5 Å². The third kappa shape index (κ3) is 2.27. The Morgan fingerprint density at radius 3 is 2.00 bits per heavy atom. The average molecular weight is 158 g/mol. The minimum atomic E-state index is -0.847. The molecule has 0 saturated carbocycles. The van der Waals surface area contributed by atoms with Gasteiger partial charge in [0.25, 0.3) is 0 Å². The van der Waals surface area contributed by atoms with Crippen LogP contribution in [-0.4, -0.2) is 13.6 Å². The molecule has 1 rings (SSSR count). The molecule has 0 amide bonds. The maximum atomic E-state index is 3.92. The number of hydrogen-bond donors (Lipinski definition) is 0. The summed E-state index contributed by atoms with van der Waals surface area (Å²) >= 11 is 0. The summed E-state index contributed by atoms with van der Waals surface area (Å²) in [7, 11) is -0.847. The van der Waals surface area contributed by atoms with E-state index < -0.39 is 8.07 Å². The second-order valence-corrected chi connectivity index (χ2v) is 8.14. The van der Waals surface area contributed by atoms with Gasteiger partial charge in [-0.15, -0.1) is 12.3 Å². The molecule has 60 valence electrons. The van der Waals surface area contributed by atoms with Crippen LogP contribution >= 0.6 is 0 Å². The molecule has 0 spiro atoms. The van der Waals surface area contributed by atoms with Crippen molar-refractivity contribution in [2.75, 3.05) is 0 Å². The first kappa shape index (κ1) is 9.92. The van der Waals surface area contributed by atoms with Gasteiger partial charge in [-0.3, -0.25) is 0 Å². The smallest absolute Gasteiger partial charge is 0.0740 e. The molecule has 0 unspecified atom stereocenters. The lowest BCUT2D eigenvalue weighted by molar-refractivity contribution is 0.716. The number of rotatable bonds is 1. The first-order valence-electron chi connectivity index (χ1n) is 3.90. The van der Waals surface area contributed by atoms with Crippen molar-refractivity contribution >= 4 is 8.07 Å². The van der Waals surface area contributed by atoms with Crippen LogP contribution in [0.5, 0.6) is 0 Å². The standard InChI is InChI=1S/C8H16Si.H2O/c1-3-9(2)7-5-4-6-8-9;/h3H,1,4-8H2,2H3;1H2. The van der Waals surface area contributed by atoms with Crippen molar-refractivity contribution < 1.29 is 5.48 Å². The van der Waals surface area contributed by atoms with Gasteiger partial charge in [0.2, 0.25) is 0 Å². The van der Waals surface area contributed by atoms with Crippen molar-refractivity contribution in [3.05, 3.63) is 12.3 Å². The SMILES string of the molecule is C=C[Si]1(C)CCCCC1.O. The second-order valence-electron chi connectivity index (χ2n) is 3.42. The van der Waals surface area contributed by atoms with Crippen LogP contribution < -0.4 is 0 Å². The molecule has 0 radical (unpaired) electrons. The van der Waals surface area contributed by atoms with Crippen LogP contribution in [0, 0.1) is 0 Å². The van der Waals surface area contributed by atoms with E-state index in [1.165, 1.54) is 31.4 Å². The van der Waals surface area contributed by atoms with E-state index in [9.17, 15) is 0 Å². The minimum Gasteiger partial charge on any atom is -0.412 e. The molecule has 1 fully saturated rings. The Morgan fingerprint density at radius 1 is 1.20 bits per heavy atom. The Balaban J connectivity index is 0.000000810. The van der Waals surface area contributed by atoms with Gasteiger partial charge in [0, 0.05) is 0 Å². The van der Waals surface area contributed by atoms with Crippen molar-refractivity contribution in [1.29, 1.82) is 0 Å². The molecule has 0 atom stereocenters. The normalized spacial score (nSPS) is 22.9. The highest BCUT2D eigenvalue weighted by molar-refractivity contribution is 6.83. The van der Waals surface area contributed by atoms with E-state index in [0.29, 0.717) is 0 Å². The van der Waals surface area contributed by atoms with E-state index in [-0.39, 0.29) is 5.48 Å². The Hall–Kier alpha value is -0.0831. The summed E-state index contributed by atoms with van der Waals surface area (Å²) in [6, 6.07) is 2.99. The van der Waals surface area contributed by atoms with Gasteiger partial charge in [-0.2, -0.15) is 0 Å². The molecule has 1 aliphatic heterocycles. The van der Waals surface area contributed by atoms with Gasteiger partial charge in [-0.25, -0.2) is 0 Å². The van der Waals surface area contributed by atoms with Gasteiger partial charge in [-0.05, 0) is 0 Å². The van der Waals surface area contributed by atoms with Crippen molar-refractivity contribution in [1.82, 2.24) is 0 Å². The van der Waals surface area contributed by atoms with E-state index in [1.54, 1.807) is 0 Å². The van der Waals surface area contributed by atoms with Gasteiger partial charge < -0.3 is 5.48 Å². The molecule has 0 aromatic rings. The molecule has 0 aromatic heterocycles. The van der Waals surface area contributed by atoms with Gasteiger partial charge in [0.05, 0.1) is 8.07 Å². The van der Waals surface area contributed by atoms with Crippen molar-refractivity contribution in [2.45, 2.75) is 37.9 Å². The molecule has 0 aliphatic carbocycles. The summed E-state index contributed by atoms with van der Waals surface area (Å²) in [5.41, 5.74) is 2.27. The van der Waals surface area contributed by atoms with Crippen LogP contribution in [0.3, 0.4) is 0 Å². The first-order chi connectivity index (χ1) is 4.27. The molecular weight excluding hydrogens is 140 g/mol. The molecule has 0 aromatic carbocycles. The van der Waals surface area contributed by atoms with Crippen LogP contribution in [0.25, 0.3) is 0 Å². The third-order valence-electron chi connectivity index (χ3n) is 2.49. The molecule has 2 heteroatoms. The first-order valence-corrected chi connectivity index (χ1v) is 6.90. The lowest BCUT2D eigenvalue weighted by atomic mass is 10.3. The Kier molecular flexibility index (Phi) is 3.90. The van der Waals surface area contributed by atoms with E-state index >= 15 is 0 Å². The van der Waals surface area contributed by atoms with Crippen molar-refractivity contribution in [3.8, 4) is 0 Å². The molecular formula is C8H18OSi. The van der Waals surface area contributed by atoms with Crippen LogP contribution in [-0.2, 0) is 0 Å². The molecule has 1 saturated heterocycles. The quantitative estimate of drug-likeness (QED) is 0.524. The Morgan fingerprint density at radius 2 is 1.70 bits per heavy atom. The van der Waals surface area contributed by atoms with E-state index in [4.69, 9.17) is 0 Å². The number of hydrogen-bond acceptors (Lipinski definition) is 0. The summed E-state index contributed by atoms with van der Waals surface area (Å²) in [5.74, 6) is 0. The maximum Gasteiger partial charge on any atom is 0.0740 e. The van der Waals surface area contributed by atoms with Crippen LogP contribution in [0.1, 0.15) is 19.3 Å². The monoisotopic (exact) mass is 158 g/mol. The maximum absolute atomic E-state index is 3.92. The summed E-state index contributed by atoms with van der Waals surface area (Å²) < 4.78 is 0. The predicted molar refractivity (Wildman–Crippen MR) is 48.9 cm³/mol. The Bertz CT molecular complexity index is 106. The van der Waals surface area contributed by atoms with Gasteiger partial charge in [0.15, 0.2) is 0 Å². The predicted octanol–water partition coefficient (Wildman–Crippen LogP) is 2.15. The zero-order chi connectivity index (χ0) is 6.74. The average Bonchev–Trinajstić information content (AvgIpc) is 1.90. The summed E-state index contributed by atoms with van der Waals surface area (Å²) in [5, 5.41) is 0. The highest BCUT2D eigenvalue weighted by Crippen LogP contribution is 2.28.